The van der Waals surface area contributed by atoms with Crippen LogP contribution in [0.1, 0.15) is 5.69 Å². The molecule has 4 heteroatoms. The number of nitrogens with zero attached hydrogens (tertiary/aromatic N) is 4. The average Bonchev–Trinajstić information content (AvgIpc) is 2.49. The summed E-state index contributed by atoms with van der Waals surface area (Å²) in [5.74, 6) is 0. The second kappa shape index (κ2) is 2.97. The predicted molar refractivity (Wildman–Crippen MR) is 49.0 cm³/mol. The summed E-state index contributed by atoms with van der Waals surface area (Å²) >= 11 is 0. The lowest BCUT2D eigenvalue weighted by molar-refractivity contribution is 0.740. The van der Waals surface area contributed by atoms with E-state index in [0.29, 0.717) is 0 Å². The number of hydrogen-bond donors (Lipinski definition) is 0. The molecule has 0 aliphatic heterocycles. The number of hydrogen-bond acceptors (Lipinski definition) is 3. The van der Waals surface area contributed by atoms with Gasteiger partial charge in [-0.15, -0.1) is 0 Å². The summed E-state index contributed by atoms with van der Waals surface area (Å²) < 4.78 is 1.84. The van der Waals surface area contributed by atoms with Gasteiger partial charge in [0.2, 0.25) is 0 Å². The topological polar surface area (TPSA) is 43.6 Å². The molecule has 4 nitrogen and oxygen atoms in total. The Morgan fingerprint density at radius 2 is 2.08 bits per heavy atom. The van der Waals surface area contributed by atoms with Crippen LogP contribution in [0.5, 0.6) is 0 Å². The molecule has 0 spiro atoms. The Hall–Kier alpha value is -1.71. The molecule has 0 aliphatic rings. The fraction of sp³-hybridized carbons (Fsp3) is 0.222. The van der Waals surface area contributed by atoms with Gasteiger partial charge in [-0.1, -0.05) is 0 Å². The van der Waals surface area contributed by atoms with Crippen molar-refractivity contribution < 1.29 is 0 Å². The normalized spacial score (nSPS) is 10.3. The van der Waals surface area contributed by atoms with Gasteiger partial charge in [-0.3, -0.25) is 4.68 Å². The van der Waals surface area contributed by atoms with Crippen LogP contribution in [0.2, 0.25) is 0 Å². The smallest absolute Gasteiger partial charge is 0.0575 e. The van der Waals surface area contributed by atoms with Gasteiger partial charge < -0.3 is 0 Å². The van der Waals surface area contributed by atoms with Crippen molar-refractivity contribution in [2.45, 2.75) is 6.92 Å². The minimum absolute atomic E-state index is 1.06. The fourth-order valence-electron chi connectivity index (χ4n) is 1.23. The quantitative estimate of drug-likeness (QED) is 0.652. The van der Waals surface area contributed by atoms with Gasteiger partial charge in [0.25, 0.3) is 0 Å². The third-order valence-electron chi connectivity index (χ3n) is 2.13. The Bertz CT molecular complexity index is 405. The lowest BCUT2D eigenvalue weighted by Crippen LogP contribution is -1.92. The van der Waals surface area contributed by atoms with Crippen molar-refractivity contribution in [3.8, 4) is 11.1 Å². The predicted octanol–water partition coefficient (Wildman–Crippen LogP) is 1.19. The number of aromatic nitrogens is 4. The van der Waals surface area contributed by atoms with E-state index < -0.39 is 0 Å². The fourth-order valence-corrected chi connectivity index (χ4v) is 1.23. The highest BCUT2D eigenvalue weighted by atomic mass is 15.3. The Labute approximate surface area is 76.2 Å². The van der Waals surface area contributed by atoms with Crippen LogP contribution in [0.3, 0.4) is 0 Å². The highest BCUT2D eigenvalue weighted by molar-refractivity contribution is 5.63. The van der Waals surface area contributed by atoms with Crippen molar-refractivity contribution in [3.05, 3.63) is 30.4 Å². The molecule has 0 aliphatic carbocycles. The Kier molecular flexibility index (Phi) is 1.81. The molecule has 0 aromatic carbocycles. The lowest BCUT2D eigenvalue weighted by atomic mass is 10.1. The molecule has 0 N–H and O–H groups in total. The van der Waals surface area contributed by atoms with E-state index in [4.69, 9.17) is 0 Å². The van der Waals surface area contributed by atoms with E-state index >= 15 is 0 Å². The number of rotatable bonds is 1. The van der Waals surface area contributed by atoms with Crippen LogP contribution >= 0.6 is 0 Å². The van der Waals surface area contributed by atoms with Crippen molar-refractivity contribution in [1.29, 1.82) is 0 Å². The molecule has 0 saturated carbocycles. The summed E-state index contributed by atoms with van der Waals surface area (Å²) in [5, 5.41) is 11.7. The van der Waals surface area contributed by atoms with Gasteiger partial charge >= 0.3 is 0 Å². The third-order valence-corrected chi connectivity index (χ3v) is 2.13. The lowest BCUT2D eigenvalue weighted by Gasteiger charge is -1.98. The van der Waals surface area contributed by atoms with Crippen LogP contribution in [-0.2, 0) is 7.05 Å². The highest BCUT2D eigenvalue weighted by Gasteiger charge is 2.05. The van der Waals surface area contributed by atoms with Crippen molar-refractivity contribution in [2.24, 2.45) is 7.05 Å². The molecule has 0 unspecified atom stereocenters. The van der Waals surface area contributed by atoms with E-state index in [2.05, 4.69) is 15.3 Å². The molecule has 0 amide bonds. The van der Waals surface area contributed by atoms with Gasteiger partial charge in [-0.25, -0.2) is 0 Å². The maximum atomic E-state index is 4.16. The van der Waals surface area contributed by atoms with Crippen LogP contribution in [-0.4, -0.2) is 20.0 Å². The van der Waals surface area contributed by atoms with Gasteiger partial charge in [-0.05, 0) is 13.0 Å². The van der Waals surface area contributed by atoms with Crippen molar-refractivity contribution >= 4 is 0 Å². The van der Waals surface area contributed by atoms with Gasteiger partial charge in [0, 0.05) is 23.9 Å². The summed E-state index contributed by atoms with van der Waals surface area (Å²) in [6.45, 7) is 2.03. The van der Waals surface area contributed by atoms with E-state index in [1.165, 1.54) is 0 Å². The number of aryl methyl sites for hydroxylation is 1. The van der Waals surface area contributed by atoms with Gasteiger partial charge in [-0.2, -0.15) is 15.3 Å². The van der Waals surface area contributed by atoms with Crippen molar-refractivity contribution in [2.75, 3.05) is 0 Å². The van der Waals surface area contributed by atoms with E-state index in [-0.39, 0.29) is 0 Å². The van der Waals surface area contributed by atoms with Crippen LogP contribution in [0.15, 0.2) is 24.7 Å². The maximum Gasteiger partial charge on any atom is 0.0575 e. The minimum atomic E-state index is 1.06. The zero-order valence-electron chi connectivity index (χ0n) is 7.60. The highest BCUT2D eigenvalue weighted by Crippen LogP contribution is 2.20. The summed E-state index contributed by atoms with van der Waals surface area (Å²) in [4.78, 5) is 0. The molecule has 2 aromatic rings. The molecule has 13 heavy (non-hydrogen) atoms. The molecular formula is C9H10N4. The molecule has 0 fully saturated rings. The first-order chi connectivity index (χ1) is 6.29. The summed E-state index contributed by atoms with van der Waals surface area (Å²) in [6.07, 6.45) is 5.26. The van der Waals surface area contributed by atoms with Crippen molar-refractivity contribution in [1.82, 2.24) is 20.0 Å². The summed E-state index contributed by atoms with van der Waals surface area (Å²) in [6, 6.07) is 1.93. The molecule has 2 aromatic heterocycles. The molecule has 0 saturated heterocycles. The standard InChI is InChI=1S/C9H10N4/c1-7-9(6-12-13(7)2)8-3-4-10-11-5-8/h3-6H,1-2H3. The van der Waals surface area contributed by atoms with E-state index in [1.807, 2.05) is 30.9 Å². The zero-order valence-corrected chi connectivity index (χ0v) is 7.60. The zero-order chi connectivity index (χ0) is 9.26. The van der Waals surface area contributed by atoms with Gasteiger partial charge in [0.1, 0.15) is 0 Å². The Morgan fingerprint density at radius 3 is 2.62 bits per heavy atom. The van der Waals surface area contributed by atoms with Gasteiger partial charge in [0.05, 0.1) is 18.6 Å². The molecule has 2 heterocycles. The monoisotopic (exact) mass is 174 g/mol. The third kappa shape index (κ3) is 1.30. The van der Waals surface area contributed by atoms with Crippen LogP contribution < -0.4 is 0 Å². The molecule has 2 rings (SSSR count). The molecule has 0 radical (unpaired) electrons. The van der Waals surface area contributed by atoms with Crippen LogP contribution in [0.25, 0.3) is 11.1 Å². The van der Waals surface area contributed by atoms with Gasteiger partial charge in [0.15, 0.2) is 0 Å². The molecule has 0 atom stereocenters. The Morgan fingerprint density at radius 1 is 1.23 bits per heavy atom. The van der Waals surface area contributed by atoms with Crippen LogP contribution in [0.4, 0.5) is 0 Å². The second-order valence-corrected chi connectivity index (χ2v) is 2.90. The van der Waals surface area contributed by atoms with E-state index in [1.54, 1.807) is 12.4 Å². The van der Waals surface area contributed by atoms with Crippen LogP contribution in [0, 0.1) is 6.92 Å². The average molecular weight is 174 g/mol. The summed E-state index contributed by atoms with van der Waals surface area (Å²) in [5.41, 5.74) is 3.30. The second-order valence-electron chi connectivity index (χ2n) is 2.90. The van der Waals surface area contributed by atoms with E-state index in [0.717, 1.165) is 16.8 Å². The first-order valence-electron chi connectivity index (χ1n) is 4.04. The maximum absolute atomic E-state index is 4.16. The molecule has 66 valence electrons. The Balaban J connectivity index is 2.53. The first kappa shape index (κ1) is 7.91. The largest absolute Gasteiger partial charge is 0.272 e. The van der Waals surface area contributed by atoms with E-state index in [9.17, 15) is 0 Å². The minimum Gasteiger partial charge on any atom is -0.272 e. The molecular weight excluding hydrogens is 164 g/mol. The summed E-state index contributed by atoms with van der Waals surface area (Å²) in [7, 11) is 1.92. The SMILES string of the molecule is Cc1c(-c2ccnnc2)cnn1C. The van der Waals surface area contributed by atoms with Crippen molar-refractivity contribution in [3.63, 3.8) is 0 Å². The molecule has 0 bridgehead atoms. The first-order valence-corrected chi connectivity index (χ1v) is 4.04.